The highest BCUT2D eigenvalue weighted by Crippen LogP contribution is 2.41. The number of benzene rings is 1. The first kappa shape index (κ1) is 26.2. The van der Waals surface area contributed by atoms with Gasteiger partial charge in [-0.2, -0.15) is 0 Å². The van der Waals surface area contributed by atoms with Crippen molar-refractivity contribution in [2.45, 2.75) is 129 Å². The van der Waals surface area contributed by atoms with E-state index in [1.807, 2.05) is 0 Å². The fourth-order valence-corrected chi connectivity index (χ4v) is 6.97. The second-order valence-corrected chi connectivity index (χ2v) is 11.9. The summed E-state index contributed by atoms with van der Waals surface area (Å²) in [7, 11) is 0. The predicted molar refractivity (Wildman–Crippen MR) is 143 cm³/mol. The van der Waals surface area contributed by atoms with E-state index in [0.717, 1.165) is 31.0 Å². The summed E-state index contributed by atoms with van der Waals surface area (Å²) in [5, 5.41) is 0. The fourth-order valence-electron chi connectivity index (χ4n) is 6.97. The summed E-state index contributed by atoms with van der Waals surface area (Å²) >= 11 is 0. The van der Waals surface area contributed by atoms with E-state index < -0.39 is 0 Å². The summed E-state index contributed by atoms with van der Waals surface area (Å²) in [6, 6.07) is 9.57. The highest BCUT2D eigenvalue weighted by Gasteiger charge is 2.36. The Morgan fingerprint density at radius 3 is 1.91 bits per heavy atom. The van der Waals surface area contributed by atoms with Crippen LogP contribution in [0.4, 0.5) is 0 Å². The Kier molecular flexibility index (Phi) is 10.8. The van der Waals surface area contributed by atoms with E-state index in [4.69, 9.17) is 9.47 Å². The molecule has 3 aliphatic rings. The van der Waals surface area contributed by atoms with E-state index in [-0.39, 0.29) is 6.29 Å². The molecular weight excluding hydrogens is 416 g/mol. The number of ether oxygens (including phenoxy) is 2. The Hall–Kier alpha value is -0.860. The van der Waals surface area contributed by atoms with Gasteiger partial charge in [-0.3, -0.25) is 0 Å². The van der Waals surface area contributed by atoms with Crippen LogP contribution < -0.4 is 0 Å². The molecule has 0 atom stereocenters. The summed E-state index contributed by atoms with van der Waals surface area (Å²) in [5.41, 5.74) is 3.06. The van der Waals surface area contributed by atoms with Gasteiger partial charge in [-0.05, 0) is 80.2 Å². The minimum Gasteiger partial charge on any atom is -0.352 e. The van der Waals surface area contributed by atoms with Crippen LogP contribution >= 0.6 is 0 Å². The SMILES string of the molecule is CCCCCc1ccc([C@H]2CC[C@H]([C@H]3OC[C@H]([C@H]4CC[C@H](CCCCC)CC4)CO3)CC2)cc1. The van der Waals surface area contributed by atoms with Crippen molar-refractivity contribution < 1.29 is 9.47 Å². The second-order valence-electron chi connectivity index (χ2n) is 11.9. The van der Waals surface area contributed by atoms with Gasteiger partial charge in [-0.1, -0.05) is 89.5 Å². The van der Waals surface area contributed by atoms with Gasteiger partial charge in [0.1, 0.15) is 0 Å². The third-order valence-electron chi connectivity index (χ3n) is 9.40. The van der Waals surface area contributed by atoms with Gasteiger partial charge < -0.3 is 9.47 Å². The molecule has 1 aliphatic heterocycles. The molecule has 192 valence electrons. The molecule has 2 heteroatoms. The molecule has 0 unspecified atom stereocenters. The lowest BCUT2D eigenvalue weighted by Gasteiger charge is -2.41. The maximum atomic E-state index is 6.37. The van der Waals surface area contributed by atoms with Gasteiger partial charge in [0.2, 0.25) is 0 Å². The standard InChI is InChI=1S/C32H52O2/c1-3-5-7-9-25-11-15-27(16-12-25)28-19-21-30(22-20-28)32-33-23-31(24-34-32)29-17-13-26(14-18-29)10-8-6-4-2/h11-12,15-16,26,28-32H,3-10,13-14,17-24H2,1-2H3/t26-,28-,29-,30-,31-,32-. The van der Waals surface area contributed by atoms with Gasteiger partial charge in [0.25, 0.3) is 0 Å². The first-order chi connectivity index (χ1) is 16.8. The summed E-state index contributed by atoms with van der Waals surface area (Å²) < 4.78 is 12.7. The molecule has 0 aromatic heterocycles. The highest BCUT2D eigenvalue weighted by molar-refractivity contribution is 5.26. The molecule has 0 N–H and O–H groups in total. The second kappa shape index (κ2) is 14.0. The van der Waals surface area contributed by atoms with Crippen LogP contribution in [-0.4, -0.2) is 19.5 Å². The molecule has 0 radical (unpaired) electrons. The van der Waals surface area contributed by atoms with Crippen molar-refractivity contribution in [3.8, 4) is 0 Å². The monoisotopic (exact) mass is 468 g/mol. The molecule has 4 rings (SSSR count). The van der Waals surface area contributed by atoms with Crippen molar-refractivity contribution in [1.29, 1.82) is 0 Å². The van der Waals surface area contributed by atoms with Crippen LogP contribution in [0.2, 0.25) is 0 Å². The molecule has 2 aliphatic carbocycles. The van der Waals surface area contributed by atoms with Crippen LogP contribution in [0.25, 0.3) is 0 Å². The van der Waals surface area contributed by atoms with Crippen molar-refractivity contribution in [3.63, 3.8) is 0 Å². The summed E-state index contributed by atoms with van der Waals surface area (Å²) in [4.78, 5) is 0. The zero-order chi connectivity index (χ0) is 23.6. The van der Waals surface area contributed by atoms with Gasteiger partial charge in [-0.15, -0.1) is 0 Å². The van der Waals surface area contributed by atoms with Crippen LogP contribution in [0.15, 0.2) is 24.3 Å². The Balaban J connectivity index is 1.13. The number of aryl methyl sites for hydroxylation is 1. The van der Waals surface area contributed by atoms with Crippen LogP contribution in [-0.2, 0) is 15.9 Å². The number of hydrogen-bond donors (Lipinski definition) is 0. The van der Waals surface area contributed by atoms with E-state index in [0.29, 0.717) is 11.8 Å². The zero-order valence-electron chi connectivity index (χ0n) is 22.3. The molecule has 34 heavy (non-hydrogen) atoms. The van der Waals surface area contributed by atoms with Crippen LogP contribution in [0, 0.1) is 23.7 Å². The largest absolute Gasteiger partial charge is 0.352 e. The van der Waals surface area contributed by atoms with Gasteiger partial charge in [0.05, 0.1) is 13.2 Å². The normalized spacial score (nSPS) is 32.5. The molecule has 1 aromatic rings. The van der Waals surface area contributed by atoms with Crippen molar-refractivity contribution in [3.05, 3.63) is 35.4 Å². The molecule has 1 saturated heterocycles. The minimum absolute atomic E-state index is 0.0588. The maximum Gasteiger partial charge on any atom is 0.160 e. The molecule has 0 amide bonds. The third kappa shape index (κ3) is 7.57. The summed E-state index contributed by atoms with van der Waals surface area (Å²) in [6.07, 6.45) is 21.7. The predicted octanol–water partition coefficient (Wildman–Crippen LogP) is 9.07. The Bertz CT molecular complexity index is 659. The average Bonchev–Trinajstić information content (AvgIpc) is 2.90. The van der Waals surface area contributed by atoms with Crippen molar-refractivity contribution >= 4 is 0 Å². The number of unbranched alkanes of at least 4 members (excludes halogenated alkanes) is 4. The van der Waals surface area contributed by atoms with Crippen LogP contribution in [0.5, 0.6) is 0 Å². The lowest BCUT2D eigenvalue weighted by molar-refractivity contribution is -0.236. The first-order valence-corrected chi connectivity index (χ1v) is 15.1. The van der Waals surface area contributed by atoms with E-state index in [1.165, 1.54) is 108 Å². The molecule has 3 fully saturated rings. The van der Waals surface area contributed by atoms with E-state index in [9.17, 15) is 0 Å². The Labute approximate surface area is 210 Å². The summed E-state index contributed by atoms with van der Waals surface area (Å²) in [6.45, 7) is 6.47. The number of rotatable bonds is 11. The maximum absolute atomic E-state index is 6.37. The van der Waals surface area contributed by atoms with E-state index >= 15 is 0 Å². The van der Waals surface area contributed by atoms with Crippen molar-refractivity contribution in [2.24, 2.45) is 23.7 Å². The molecule has 2 saturated carbocycles. The fraction of sp³-hybridized carbons (Fsp3) is 0.812. The van der Waals surface area contributed by atoms with Crippen molar-refractivity contribution in [2.75, 3.05) is 13.2 Å². The quantitative estimate of drug-likeness (QED) is 0.301. The van der Waals surface area contributed by atoms with Gasteiger partial charge in [0.15, 0.2) is 6.29 Å². The molecular formula is C32H52O2. The Morgan fingerprint density at radius 1 is 0.647 bits per heavy atom. The molecule has 0 spiro atoms. The van der Waals surface area contributed by atoms with E-state index in [2.05, 4.69) is 38.1 Å². The smallest absolute Gasteiger partial charge is 0.160 e. The van der Waals surface area contributed by atoms with Gasteiger partial charge in [-0.25, -0.2) is 0 Å². The average molecular weight is 469 g/mol. The molecule has 1 heterocycles. The van der Waals surface area contributed by atoms with Crippen LogP contribution in [0.3, 0.4) is 0 Å². The summed E-state index contributed by atoms with van der Waals surface area (Å²) in [5.74, 6) is 3.79. The van der Waals surface area contributed by atoms with Crippen LogP contribution in [0.1, 0.15) is 127 Å². The molecule has 1 aromatic carbocycles. The third-order valence-corrected chi connectivity index (χ3v) is 9.40. The Morgan fingerprint density at radius 2 is 1.26 bits per heavy atom. The first-order valence-electron chi connectivity index (χ1n) is 15.1. The van der Waals surface area contributed by atoms with Gasteiger partial charge >= 0.3 is 0 Å². The minimum atomic E-state index is 0.0588. The highest BCUT2D eigenvalue weighted by atomic mass is 16.7. The van der Waals surface area contributed by atoms with E-state index in [1.54, 1.807) is 5.56 Å². The lowest BCUT2D eigenvalue weighted by atomic mass is 9.74. The topological polar surface area (TPSA) is 18.5 Å². The molecule has 2 nitrogen and oxygen atoms in total. The molecule has 0 bridgehead atoms. The van der Waals surface area contributed by atoms with Gasteiger partial charge in [0, 0.05) is 11.8 Å². The zero-order valence-corrected chi connectivity index (χ0v) is 22.3. The van der Waals surface area contributed by atoms with Crippen molar-refractivity contribution in [1.82, 2.24) is 0 Å². The lowest BCUT2D eigenvalue weighted by Crippen LogP contribution is -2.41. The number of hydrogen-bond acceptors (Lipinski definition) is 2.